The molecule has 204 valence electrons. The van der Waals surface area contributed by atoms with Gasteiger partial charge in [-0.3, -0.25) is 9.59 Å². The molecular formula is C30H33N3O6. The summed E-state index contributed by atoms with van der Waals surface area (Å²) in [6.45, 7) is 0.548. The van der Waals surface area contributed by atoms with E-state index in [2.05, 4.69) is 5.32 Å². The number of nitrogens with two attached hydrogens (primary N) is 1. The summed E-state index contributed by atoms with van der Waals surface area (Å²) in [5.41, 5.74) is 8.69. The third-order valence-corrected chi connectivity index (χ3v) is 7.25. The molecule has 2 amide bonds. The smallest absolute Gasteiger partial charge is 0.255 e. The number of anilines is 1. The molecule has 3 aromatic carbocycles. The minimum atomic E-state index is -0.275. The number of rotatable bonds is 8. The molecule has 3 N–H and O–H groups in total. The monoisotopic (exact) mass is 531 g/mol. The van der Waals surface area contributed by atoms with E-state index in [0.717, 1.165) is 31.2 Å². The fourth-order valence-corrected chi connectivity index (χ4v) is 5.10. The lowest BCUT2D eigenvalue weighted by Gasteiger charge is -2.36. The summed E-state index contributed by atoms with van der Waals surface area (Å²) in [6.07, 6.45) is 3.42. The van der Waals surface area contributed by atoms with E-state index in [1.165, 1.54) is 7.11 Å². The molecule has 9 nitrogen and oxygen atoms in total. The minimum absolute atomic E-state index is 0.0627. The van der Waals surface area contributed by atoms with E-state index < -0.39 is 0 Å². The van der Waals surface area contributed by atoms with Crippen molar-refractivity contribution in [3.63, 3.8) is 0 Å². The number of ether oxygens (including phenoxy) is 4. The van der Waals surface area contributed by atoms with Crippen LogP contribution in [0.2, 0.25) is 0 Å². The molecule has 0 aromatic heterocycles. The summed E-state index contributed by atoms with van der Waals surface area (Å²) in [6, 6.07) is 18.1. The lowest BCUT2D eigenvalue weighted by atomic mass is 9.90. The molecule has 9 heteroatoms. The highest BCUT2D eigenvalue weighted by Gasteiger charge is 2.29. The fraction of sp³-hybridized carbons (Fsp3) is 0.333. The normalized spacial score (nSPS) is 17.8. The first-order chi connectivity index (χ1) is 18.9. The Morgan fingerprint density at radius 3 is 2.41 bits per heavy atom. The Labute approximate surface area is 227 Å². The van der Waals surface area contributed by atoms with Gasteiger partial charge in [0.25, 0.3) is 11.8 Å². The maximum Gasteiger partial charge on any atom is 0.255 e. The van der Waals surface area contributed by atoms with Crippen molar-refractivity contribution in [2.24, 2.45) is 5.73 Å². The Bertz CT molecular complexity index is 1350. The lowest BCUT2D eigenvalue weighted by Crippen LogP contribution is -2.43. The number of hydrogen-bond donors (Lipinski definition) is 2. The molecule has 5 rings (SSSR count). The molecule has 0 atom stereocenters. The van der Waals surface area contributed by atoms with Gasteiger partial charge in [-0.1, -0.05) is 12.1 Å². The number of carbonyl (C=O) groups excluding carboxylic acids is 2. The third kappa shape index (κ3) is 5.93. The van der Waals surface area contributed by atoms with Gasteiger partial charge in [0.05, 0.1) is 14.2 Å². The third-order valence-electron chi connectivity index (χ3n) is 7.25. The Balaban J connectivity index is 1.35. The van der Waals surface area contributed by atoms with Gasteiger partial charge in [-0.2, -0.15) is 0 Å². The second-order valence-corrected chi connectivity index (χ2v) is 9.79. The Kier molecular flexibility index (Phi) is 7.88. The summed E-state index contributed by atoms with van der Waals surface area (Å²) in [5.74, 6) is 1.89. The number of nitrogens with one attached hydrogen (secondary N) is 1. The summed E-state index contributed by atoms with van der Waals surface area (Å²) < 4.78 is 21.5. The molecule has 3 aromatic rings. The molecule has 1 heterocycles. The summed E-state index contributed by atoms with van der Waals surface area (Å²) in [4.78, 5) is 28.7. The van der Waals surface area contributed by atoms with Gasteiger partial charge in [0.1, 0.15) is 0 Å². The van der Waals surface area contributed by atoms with E-state index >= 15 is 0 Å². The summed E-state index contributed by atoms with van der Waals surface area (Å²) in [7, 11) is 3.07. The Hall–Kier alpha value is -4.24. The SMILES string of the molecule is COc1ccc(C(=O)Nc2cccc(CN(C(=O)c3ccc4c(c3)OCO4)C3CCC(N)CC3)c2)cc1OC. The van der Waals surface area contributed by atoms with Crippen LogP contribution in [0.5, 0.6) is 23.0 Å². The van der Waals surface area contributed by atoms with E-state index in [4.69, 9.17) is 24.7 Å². The van der Waals surface area contributed by atoms with Crippen molar-refractivity contribution >= 4 is 17.5 Å². The van der Waals surface area contributed by atoms with E-state index in [1.807, 2.05) is 29.2 Å². The van der Waals surface area contributed by atoms with Crippen molar-refractivity contribution in [3.05, 3.63) is 77.4 Å². The first-order valence-electron chi connectivity index (χ1n) is 13.0. The maximum absolute atomic E-state index is 13.8. The van der Waals surface area contributed by atoms with Crippen LogP contribution in [0.3, 0.4) is 0 Å². The van der Waals surface area contributed by atoms with Crippen LogP contribution < -0.4 is 30.0 Å². The molecule has 39 heavy (non-hydrogen) atoms. The standard InChI is InChI=1S/C30H33N3O6/c1-36-25-12-6-20(15-27(25)37-2)29(34)32-23-5-3-4-19(14-23)17-33(24-10-8-22(31)9-11-24)30(35)21-7-13-26-28(16-21)39-18-38-26/h3-7,12-16,22,24H,8-11,17-18,31H2,1-2H3,(H,32,34). The fourth-order valence-electron chi connectivity index (χ4n) is 5.10. The summed E-state index contributed by atoms with van der Waals surface area (Å²) >= 11 is 0. The second kappa shape index (κ2) is 11.7. The van der Waals surface area contributed by atoms with Crippen molar-refractivity contribution in [2.45, 2.75) is 44.3 Å². The van der Waals surface area contributed by atoms with E-state index in [0.29, 0.717) is 46.4 Å². The zero-order valence-corrected chi connectivity index (χ0v) is 22.1. The van der Waals surface area contributed by atoms with Gasteiger partial charge in [0, 0.05) is 35.4 Å². The highest BCUT2D eigenvalue weighted by molar-refractivity contribution is 6.04. The molecule has 1 saturated carbocycles. The molecule has 0 saturated heterocycles. The highest BCUT2D eigenvalue weighted by Crippen LogP contribution is 2.34. The zero-order chi connectivity index (χ0) is 27.4. The van der Waals surface area contributed by atoms with Gasteiger partial charge >= 0.3 is 0 Å². The van der Waals surface area contributed by atoms with E-state index in [9.17, 15) is 9.59 Å². The first kappa shape index (κ1) is 26.4. The topological polar surface area (TPSA) is 112 Å². The zero-order valence-electron chi connectivity index (χ0n) is 22.1. The van der Waals surface area contributed by atoms with Gasteiger partial charge in [0.2, 0.25) is 6.79 Å². The van der Waals surface area contributed by atoms with Crippen molar-refractivity contribution in [2.75, 3.05) is 26.3 Å². The minimum Gasteiger partial charge on any atom is -0.493 e. The number of methoxy groups -OCH3 is 2. The van der Waals surface area contributed by atoms with Crippen LogP contribution in [0, 0.1) is 0 Å². The number of fused-ring (bicyclic) bond motifs is 1. The molecule has 2 aliphatic rings. The maximum atomic E-state index is 13.8. The van der Waals surface area contributed by atoms with Gasteiger partial charge in [-0.25, -0.2) is 0 Å². The van der Waals surface area contributed by atoms with Gasteiger partial charge in [-0.15, -0.1) is 0 Å². The number of benzene rings is 3. The van der Waals surface area contributed by atoms with Crippen LogP contribution in [0.1, 0.15) is 52.0 Å². The second-order valence-electron chi connectivity index (χ2n) is 9.79. The highest BCUT2D eigenvalue weighted by atomic mass is 16.7. The molecule has 1 fully saturated rings. The number of amides is 2. The van der Waals surface area contributed by atoms with Gasteiger partial charge in [-0.05, 0) is 79.8 Å². The lowest BCUT2D eigenvalue weighted by molar-refractivity contribution is 0.0606. The van der Waals surface area contributed by atoms with Crippen LogP contribution in [-0.4, -0.2) is 49.8 Å². The van der Waals surface area contributed by atoms with Crippen molar-refractivity contribution in [1.82, 2.24) is 4.90 Å². The van der Waals surface area contributed by atoms with Gasteiger partial charge in [0.15, 0.2) is 23.0 Å². The van der Waals surface area contributed by atoms with Crippen LogP contribution in [0.4, 0.5) is 5.69 Å². The number of nitrogens with zero attached hydrogens (tertiary/aromatic N) is 1. The molecule has 0 radical (unpaired) electrons. The quantitative estimate of drug-likeness (QED) is 0.437. The van der Waals surface area contributed by atoms with Crippen LogP contribution in [0.15, 0.2) is 60.7 Å². The van der Waals surface area contributed by atoms with Crippen LogP contribution in [-0.2, 0) is 6.54 Å². The summed E-state index contributed by atoms with van der Waals surface area (Å²) in [5, 5.41) is 2.95. The Morgan fingerprint density at radius 2 is 1.64 bits per heavy atom. The average Bonchev–Trinajstić information content (AvgIpc) is 3.44. The average molecular weight is 532 g/mol. The molecular weight excluding hydrogens is 498 g/mol. The molecule has 0 unspecified atom stereocenters. The van der Waals surface area contributed by atoms with E-state index in [1.54, 1.807) is 43.5 Å². The van der Waals surface area contributed by atoms with Gasteiger partial charge < -0.3 is 34.9 Å². The van der Waals surface area contributed by atoms with Crippen LogP contribution in [0.25, 0.3) is 0 Å². The van der Waals surface area contributed by atoms with Crippen LogP contribution >= 0.6 is 0 Å². The molecule has 1 aliphatic heterocycles. The first-order valence-corrected chi connectivity index (χ1v) is 13.0. The Morgan fingerprint density at radius 1 is 0.897 bits per heavy atom. The molecule has 1 aliphatic carbocycles. The van der Waals surface area contributed by atoms with Crippen molar-refractivity contribution < 1.29 is 28.5 Å². The number of carbonyl (C=O) groups is 2. The molecule has 0 bridgehead atoms. The predicted molar refractivity (Wildman–Crippen MR) is 147 cm³/mol. The van der Waals surface area contributed by atoms with Crippen molar-refractivity contribution in [1.29, 1.82) is 0 Å². The predicted octanol–water partition coefficient (Wildman–Crippen LogP) is 4.60. The number of hydrogen-bond acceptors (Lipinski definition) is 7. The van der Waals surface area contributed by atoms with Crippen molar-refractivity contribution in [3.8, 4) is 23.0 Å². The molecule has 0 spiro atoms. The van der Waals surface area contributed by atoms with E-state index in [-0.39, 0.29) is 30.7 Å². The largest absolute Gasteiger partial charge is 0.493 e.